The maximum absolute atomic E-state index is 10.3. The van der Waals surface area contributed by atoms with Crippen LogP contribution in [0, 0.1) is 11.8 Å². The molecule has 3 aliphatic carbocycles. The van der Waals surface area contributed by atoms with Gasteiger partial charge in [0.15, 0.2) is 0 Å². The van der Waals surface area contributed by atoms with E-state index in [4.69, 9.17) is 0 Å². The standard InChI is InChI=1S/C13H15BrO/c14-8-5-6-10-9-3-1-2-4-11(9)13(15)12(10)7-8/h1,3,5-6,8-9,11,13,15H,2,4,7H2. The van der Waals surface area contributed by atoms with Crippen LogP contribution in [0.3, 0.4) is 0 Å². The molecule has 4 unspecified atom stereocenters. The number of alkyl halides is 1. The highest BCUT2D eigenvalue weighted by molar-refractivity contribution is 9.09. The van der Waals surface area contributed by atoms with E-state index in [9.17, 15) is 5.11 Å². The van der Waals surface area contributed by atoms with Gasteiger partial charge in [0.05, 0.1) is 6.10 Å². The van der Waals surface area contributed by atoms with Crippen molar-refractivity contribution in [1.29, 1.82) is 0 Å². The van der Waals surface area contributed by atoms with Crippen LogP contribution in [-0.2, 0) is 0 Å². The molecule has 0 fully saturated rings. The van der Waals surface area contributed by atoms with Gasteiger partial charge in [-0.25, -0.2) is 0 Å². The largest absolute Gasteiger partial charge is 0.388 e. The molecule has 3 aliphatic rings. The Morgan fingerprint density at radius 1 is 1.33 bits per heavy atom. The molecule has 80 valence electrons. The summed E-state index contributed by atoms with van der Waals surface area (Å²) in [4.78, 5) is 0.412. The summed E-state index contributed by atoms with van der Waals surface area (Å²) in [6.07, 6.45) is 12.0. The third kappa shape index (κ3) is 1.46. The third-order valence-corrected chi connectivity index (χ3v) is 4.49. The molecule has 0 radical (unpaired) electrons. The quantitative estimate of drug-likeness (QED) is 0.528. The van der Waals surface area contributed by atoms with Crippen LogP contribution in [0.25, 0.3) is 0 Å². The molecule has 0 aromatic carbocycles. The smallest absolute Gasteiger partial charge is 0.0793 e. The van der Waals surface area contributed by atoms with E-state index in [1.807, 2.05) is 0 Å². The van der Waals surface area contributed by atoms with Crippen LogP contribution in [0.15, 0.2) is 35.5 Å². The summed E-state index contributed by atoms with van der Waals surface area (Å²) in [5.74, 6) is 0.933. The molecular weight excluding hydrogens is 252 g/mol. The van der Waals surface area contributed by atoms with Crippen LogP contribution in [0.5, 0.6) is 0 Å². The predicted molar refractivity (Wildman–Crippen MR) is 64.9 cm³/mol. The van der Waals surface area contributed by atoms with Crippen molar-refractivity contribution in [3.8, 4) is 0 Å². The predicted octanol–water partition coefficient (Wildman–Crippen LogP) is 2.96. The van der Waals surface area contributed by atoms with Gasteiger partial charge in [-0.2, -0.15) is 0 Å². The highest BCUT2D eigenvalue weighted by Crippen LogP contribution is 2.47. The first kappa shape index (κ1) is 9.86. The summed E-state index contributed by atoms with van der Waals surface area (Å²) in [6.45, 7) is 0. The fourth-order valence-corrected chi connectivity index (χ4v) is 3.63. The summed E-state index contributed by atoms with van der Waals surface area (Å²) in [7, 11) is 0. The van der Waals surface area contributed by atoms with Crippen LogP contribution in [0.2, 0.25) is 0 Å². The topological polar surface area (TPSA) is 20.2 Å². The Balaban J connectivity index is 1.99. The zero-order chi connectivity index (χ0) is 10.4. The molecule has 2 heteroatoms. The molecule has 4 atom stereocenters. The van der Waals surface area contributed by atoms with Crippen molar-refractivity contribution in [2.45, 2.75) is 30.2 Å². The van der Waals surface area contributed by atoms with Crippen LogP contribution < -0.4 is 0 Å². The fraction of sp³-hybridized carbons (Fsp3) is 0.538. The number of aliphatic hydroxyl groups is 1. The molecule has 3 rings (SSSR count). The van der Waals surface area contributed by atoms with E-state index in [0.29, 0.717) is 16.7 Å². The first-order valence-electron chi connectivity index (χ1n) is 5.67. The average Bonchev–Trinajstić information content (AvgIpc) is 2.54. The van der Waals surface area contributed by atoms with Gasteiger partial charge in [0.25, 0.3) is 0 Å². The Labute approximate surface area is 98.7 Å². The molecular formula is C13H15BrO. The monoisotopic (exact) mass is 266 g/mol. The zero-order valence-corrected chi connectivity index (χ0v) is 10.2. The number of fused-ring (bicyclic) bond motifs is 2. The minimum atomic E-state index is -0.194. The second-order valence-electron chi connectivity index (χ2n) is 4.70. The number of hydrogen-bond acceptors (Lipinski definition) is 1. The van der Waals surface area contributed by atoms with E-state index in [1.54, 1.807) is 0 Å². The summed E-state index contributed by atoms with van der Waals surface area (Å²) in [5, 5.41) is 10.3. The molecule has 0 amide bonds. The van der Waals surface area contributed by atoms with Crippen molar-refractivity contribution >= 4 is 15.9 Å². The van der Waals surface area contributed by atoms with E-state index in [2.05, 4.69) is 40.2 Å². The first-order chi connectivity index (χ1) is 7.27. The molecule has 0 aliphatic heterocycles. The maximum atomic E-state index is 10.3. The lowest BCUT2D eigenvalue weighted by Gasteiger charge is -2.24. The number of rotatable bonds is 0. The number of aliphatic hydroxyl groups excluding tert-OH is 1. The second kappa shape index (κ2) is 3.60. The van der Waals surface area contributed by atoms with E-state index in [1.165, 1.54) is 11.1 Å². The lowest BCUT2D eigenvalue weighted by atomic mass is 9.82. The van der Waals surface area contributed by atoms with Gasteiger partial charge < -0.3 is 5.11 Å². The molecule has 0 saturated heterocycles. The number of hydrogen-bond donors (Lipinski definition) is 1. The summed E-state index contributed by atoms with van der Waals surface area (Å²) in [6, 6.07) is 0. The Morgan fingerprint density at radius 2 is 2.20 bits per heavy atom. The van der Waals surface area contributed by atoms with E-state index >= 15 is 0 Å². The Bertz CT molecular complexity index is 367. The van der Waals surface area contributed by atoms with E-state index in [-0.39, 0.29) is 6.10 Å². The molecule has 0 heterocycles. The Kier molecular flexibility index (Phi) is 2.37. The molecule has 1 nitrogen and oxygen atoms in total. The summed E-state index contributed by atoms with van der Waals surface area (Å²) in [5.41, 5.74) is 2.67. The second-order valence-corrected chi connectivity index (χ2v) is 5.88. The first-order valence-corrected chi connectivity index (χ1v) is 6.59. The van der Waals surface area contributed by atoms with Crippen LogP contribution in [0.4, 0.5) is 0 Å². The van der Waals surface area contributed by atoms with Gasteiger partial charge in [0.2, 0.25) is 0 Å². The molecule has 0 aromatic heterocycles. The van der Waals surface area contributed by atoms with Crippen LogP contribution >= 0.6 is 15.9 Å². The van der Waals surface area contributed by atoms with Crippen LogP contribution in [0.1, 0.15) is 19.3 Å². The summed E-state index contributed by atoms with van der Waals surface area (Å²) < 4.78 is 0. The van der Waals surface area contributed by atoms with Gasteiger partial charge in [0, 0.05) is 10.7 Å². The molecule has 15 heavy (non-hydrogen) atoms. The minimum absolute atomic E-state index is 0.194. The lowest BCUT2D eigenvalue weighted by molar-refractivity contribution is 0.131. The minimum Gasteiger partial charge on any atom is -0.388 e. The van der Waals surface area contributed by atoms with Crippen molar-refractivity contribution in [1.82, 2.24) is 0 Å². The molecule has 0 saturated carbocycles. The van der Waals surface area contributed by atoms with Gasteiger partial charge in [0.1, 0.15) is 0 Å². The van der Waals surface area contributed by atoms with Crippen molar-refractivity contribution in [3.63, 3.8) is 0 Å². The SMILES string of the molecule is OC1C2=C(C=CC(Br)C2)C2C=CCCC12. The average molecular weight is 267 g/mol. The normalized spacial score (nSPS) is 43.1. The van der Waals surface area contributed by atoms with Crippen molar-refractivity contribution in [2.75, 3.05) is 0 Å². The zero-order valence-electron chi connectivity index (χ0n) is 8.57. The highest BCUT2D eigenvalue weighted by Gasteiger charge is 2.41. The maximum Gasteiger partial charge on any atom is 0.0793 e. The van der Waals surface area contributed by atoms with Crippen molar-refractivity contribution in [2.24, 2.45) is 11.8 Å². The van der Waals surface area contributed by atoms with Gasteiger partial charge in [-0.05, 0) is 36.3 Å². The van der Waals surface area contributed by atoms with Crippen LogP contribution in [-0.4, -0.2) is 16.0 Å². The lowest BCUT2D eigenvalue weighted by Crippen LogP contribution is -2.23. The molecule has 0 aromatic rings. The molecule has 1 N–H and O–H groups in total. The number of allylic oxidation sites excluding steroid dienone is 5. The van der Waals surface area contributed by atoms with Gasteiger partial charge in [-0.1, -0.05) is 40.2 Å². The highest BCUT2D eigenvalue weighted by atomic mass is 79.9. The van der Waals surface area contributed by atoms with Gasteiger partial charge in [-0.15, -0.1) is 0 Å². The molecule has 0 spiro atoms. The van der Waals surface area contributed by atoms with Crippen molar-refractivity contribution < 1.29 is 5.11 Å². The van der Waals surface area contributed by atoms with Crippen molar-refractivity contribution in [3.05, 3.63) is 35.5 Å². The van der Waals surface area contributed by atoms with Gasteiger partial charge in [-0.3, -0.25) is 0 Å². The molecule has 0 bridgehead atoms. The number of halogens is 1. The van der Waals surface area contributed by atoms with Gasteiger partial charge >= 0.3 is 0 Å². The van der Waals surface area contributed by atoms with E-state index in [0.717, 1.165) is 19.3 Å². The Hall–Kier alpha value is -0.340. The fourth-order valence-electron chi connectivity index (χ4n) is 3.13. The third-order valence-electron chi connectivity index (χ3n) is 3.86. The van der Waals surface area contributed by atoms with E-state index < -0.39 is 0 Å². The summed E-state index contributed by atoms with van der Waals surface area (Å²) >= 11 is 3.60. The Morgan fingerprint density at radius 3 is 3.07 bits per heavy atom.